The molecule has 1 heteroatoms. The maximum Gasteiger partial charge on any atom is 0.0434 e. The Morgan fingerprint density at radius 2 is 2.12 bits per heavy atom. The summed E-state index contributed by atoms with van der Waals surface area (Å²) in [4.78, 5) is 0. The fourth-order valence-corrected chi connectivity index (χ4v) is 3.38. The zero-order valence-corrected chi connectivity index (χ0v) is 11.3. The van der Waals surface area contributed by atoms with Crippen LogP contribution in [0.2, 0.25) is 0 Å². The van der Waals surface area contributed by atoms with Crippen LogP contribution in [0.4, 0.5) is 0 Å². The molecule has 94 valence electrons. The average molecular weight is 224 g/mol. The van der Waals surface area contributed by atoms with Gasteiger partial charge in [0, 0.05) is 6.61 Å². The highest BCUT2D eigenvalue weighted by molar-refractivity contribution is 5.22. The van der Waals surface area contributed by atoms with Crippen LogP contribution in [-0.4, -0.2) is 11.7 Å². The lowest BCUT2D eigenvalue weighted by Gasteiger charge is -2.39. The van der Waals surface area contributed by atoms with Crippen LogP contribution in [0.5, 0.6) is 0 Å². The molecule has 2 atom stereocenters. The van der Waals surface area contributed by atoms with Crippen molar-refractivity contribution in [2.75, 3.05) is 6.61 Å². The summed E-state index contributed by atoms with van der Waals surface area (Å²) in [5.74, 6) is 0.921. The minimum atomic E-state index is 0.345. The van der Waals surface area contributed by atoms with Crippen molar-refractivity contribution in [3.63, 3.8) is 0 Å². The first kappa shape index (κ1) is 13.8. The molecule has 0 aromatic heterocycles. The fraction of sp³-hybridized carbons (Fsp3) is 0.867. The first-order chi connectivity index (χ1) is 7.77. The van der Waals surface area contributed by atoms with Crippen LogP contribution in [0.25, 0.3) is 0 Å². The Hall–Kier alpha value is -0.300. The maximum atomic E-state index is 8.88. The number of fused-ring (bicyclic) bond motifs is 1. The minimum absolute atomic E-state index is 0.345. The first-order valence-electron chi connectivity index (χ1n) is 7.08. The molecule has 0 amide bonds. The minimum Gasteiger partial charge on any atom is -0.396 e. The van der Waals surface area contributed by atoms with E-state index >= 15 is 0 Å². The van der Waals surface area contributed by atoms with Crippen LogP contribution in [0.1, 0.15) is 65.7 Å². The Balaban J connectivity index is 0.000000606. The normalized spacial score (nSPS) is 32.5. The second-order valence-corrected chi connectivity index (χ2v) is 5.15. The van der Waals surface area contributed by atoms with Gasteiger partial charge in [0.15, 0.2) is 0 Å². The van der Waals surface area contributed by atoms with Gasteiger partial charge in [-0.3, -0.25) is 0 Å². The molecule has 2 rings (SSSR count). The van der Waals surface area contributed by atoms with E-state index in [4.69, 9.17) is 5.11 Å². The lowest BCUT2D eigenvalue weighted by atomic mass is 9.66. The van der Waals surface area contributed by atoms with Crippen LogP contribution in [0.15, 0.2) is 11.6 Å². The molecule has 0 saturated heterocycles. The highest BCUT2D eigenvalue weighted by atomic mass is 16.2. The van der Waals surface area contributed by atoms with Gasteiger partial charge in [-0.25, -0.2) is 0 Å². The molecule has 0 aromatic carbocycles. The highest BCUT2D eigenvalue weighted by Crippen LogP contribution is 2.53. The van der Waals surface area contributed by atoms with Crippen LogP contribution in [0.3, 0.4) is 0 Å². The van der Waals surface area contributed by atoms with Gasteiger partial charge >= 0.3 is 0 Å². The standard InChI is InChI=1S/C13H22O.C2H6/c1-13-9-3-2-5-11(13)7-8-12(13)6-4-10-14;1-2/h8,11,14H,2-7,9-10H2,1H3;1-2H3. The van der Waals surface area contributed by atoms with Gasteiger partial charge in [-0.05, 0) is 43.4 Å². The lowest BCUT2D eigenvalue weighted by molar-refractivity contribution is 0.172. The van der Waals surface area contributed by atoms with Crippen LogP contribution in [0, 0.1) is 11.3 Å². The molecular weight excluding hydrogens is 196 g/mol. The number of hydrogen-bond acceptors (Lipinski definition) is 1. The number of hydrogen-bond donors (Lipinski definition) is 1. The quantitative estimate of drug-likeness (QED) is 0.708. The van der Waals surface area contributed by atoms with Crippen molar-refractivity contribution in [1.82, 2.24) is 0 Å². The lowest BCUT2D eigenvalue weighted by Crippen LogP contribution is -2.28. The number of aliphatic hydroxyl groups is 1. The molecule has 0 aromatic rings. The van der Waals surface area contributed by atoms with E-state index in [9.17, 15) is 0 Å². The van der Waals surface area contributed by atoms with Gasteiger partial charge in [-0.15, -0.1) is 0 Å². The van der Waals surface area contributed by atoms with Crippen molar-refractivity contribution in [2.24, 2.45) is 11.3 Å². The summed E-state index contributed by atoms with van der Waals surface area (Å²) in [7, 11) is 0. The monoisotopic (exact) mass is 224 g/mol. The molecule has 0 aliphatic heterocycles. The van der Waals surface area contributed by atoms with E-state index in [0.717, 1.165) is 18.8 Å². The molecule has 1 N–H and O–H groups in total. The molecule has 1 saturated carbocycles. The summed E-state index contributed by atoms with van der Waals surface area (Å²) >= 11 is 0. The summed E-state index contributed by atoms with van der Waals surface area (Å²) in [6.45, 7) is 6.80. The largest absolute Gasteiger partial charge is 0.396 e. The van der Waals surface area contributed by atoms with E-state index < -0.39 is 0 Å². The van der Waals surface area contributed by atoms with Crippen molar-refractivity contribution in [3.05, 3.63) is 11.6 Å². The predicted molar refractivity (Wildman–Crippen MR) is 70.4 cm³/mol. The molecule has 2 unspecified atom stereocenters. The number of rotatable bonds is 3. The Morgan fingerprint density at radius 1 is 1.38 bits per heavy atom. The van der Waals surface area contributed by atoms with Gasteiger partial charge in [-0.2, -0.15) is 0 Å². The van der Waals surface area contributed by atoms with Crippen LogP contribution >= 0.6 is 0 Å². The average Bonchev–Trinajstić information content (AvgIpc) is 2.66. The summed E-state index contributed by atoms with van der Waals surface area (Å²) in [5.41, 5.74) is 2.16. The van der Waals surface area contributed by atoms with E-state index in [2.05, 4.69) is 13.0 Å². The van der Waals surface area contributed by atoms with Gasteiger partial charge in [0.1, 0.15) is 0 Å². The molecular formula is C15H28O. The third kappa shape index (κ3) is 2.68. The van der Waals surface area contributed by atoms with E-state index in [1.54, 1.807) is 5.57 Å². The summed E-state index contributed by atoms with van der Waals surface area (Å²) < 4.78 is 0. The van der Waals surface area contributed by atoms with Gasteiger partial charge in [-0.1, -0.05) is 45.3 Å². The van der Waals surface area contributed by atoms with Crippen LogP contribution in [-0.2, 0) is 0 Å². The van der Waals surface area contributed by atoms with Gasteiger partial charge in [0.05, 0.1) is 0 Å². The molecule has 0 radical (unpaired) electrons. The van der Waals surface area contributed by atoms with E-state index in [-0.39, 0.29) is 0 Å². The van der Waals surface area contributed by atoms with Crippen molar-refractivity contribution in [3.8, 4) is 0 Å². The molecule has 0 spiro atoms. The van der Waals surface area contributed by atoms with Crippen molar-refractivity contribution in [2.45, 2.75) is 65.7 Å². The van der Waals surface area contributed by atoms with Gasteiger partial charge in [0.25, 0.3) is 0 Å². The highest BCUT2D eigenvalue weighted by Gasteiger charge is 2.41. The topological polar surface area (TPSA) is 20.2 Å². The Bertz CT molecular complexity index is 232. The molecule has 1 fully saturated rings. The smallest absolute Gasteiger partial charge is 0.0434 e. The molecule has 1 nitrogen and oxygen atoms in total. The summed E-state index contributed by atoms with van der Waals surface area (Å²) in [6, 6.07) is 0. The van der Waals surface area contributed by atoms with Crippen molar-refractivity contribution >= 4 is 0 Å². The second-order valence-electron chi connectivity index (χ2n) is 5.15. The van der Waals surface area contributed by atoms with E-state index in [1.807, 2.05) is 13.8 Å². The van der Waals surface area contributed by atoms with Gasteiger partial charge in [0.2, 0.25) is 0 Å². The Morgan fingerprint density at radius 3 is 2.81 bits per heavy atom. The third-order valence-corrected chi connectivity index (χ3v) is 4.39. The van der Waals surface area contributed by atoms with Crippen molar-refractivity contribution in [1.29, 1.82) is 0 Å². The van der Waals surface area contributed by atoms with E-state index in [1.165, 1.54) is 32.1 Å². The van der Waals surface area contributed by atoms with Gasteiger partial charge < -0.3 is 5.11 Å². The zero-order valence-electron chi connectivity index (χ0n) is 11.3. The van der Waals surface area contributed by atoms with Crippen LogP contribution < -0.4 is 0 Å². The third-order valence-electron chi connectivity index (χ3n) is 4.39. The summed E-state index contributed by atoms with van der Waals surface area (Å²) in [6.07, 6.45) is 11.5. The molecule has 2 aliphatic rings. The SMILES string of the molecule is CC.CC12CCCCC1CC=C2CCCO. The molecule has 2 aliphatic carbocycles. The summed E-state index contributed by atoms with van der Waals surface area (Å²) in [5, 5.41) is 8.88. The Labute approximate surface area is 101 Å². The number of aliphatic hydroxyl groups excluding tert-OH is 1. The molecule has 16 heavy (non-hydrogen) atoms. The zero-order chi connectivity index (χ0) is 12.0. The van der Waals surface area contributed by atoms with E-state index in [0.29, 0.717) is 12.0 Å². The molecule has 0 bridgehead atoms. The first-order valence-corrected chi connectivity index (χ1v) is 7.08. The van der Waals surface area contributed by atoms with Crippen molar-refractivity contribution < 1.29 is 5.11 Å². The predicted octanol–water partition coefficient (Wildman–Crippen LogP) is 4.31. The maximum absolute atomic E-state index is 8.88. The number of allylic oxidation sites excluding steroid dienone is 2. The molecule has 0 heterocycles. The second kappa shape index (κ2) is 6.44. The Kier molecular flexibility index (Phi) is 5.54. The fourth-order valence-electron chi connectivity index (χ4n) is 3.38.